The van der Waals surface area contributed by atoms with Crippen molar-refractivity contribution in [2.24, 2.45) is 5.41 Å². The Bertz CT molecular complexity index is 607. The van der Waals surface area contributed by atoms with Crippen molar-refractivity contribution >= 4 is 5.91 Å². The second kappa shape index (κ2) is 6.10. The Morgan fingerprint density at radius 3 is 2.91 bits per heavy atom. The fraction of sp³-hybridized carbons (Fsp3) is 0.556. The number of carbonyl (C=O) groups is 1. The van der Waals surface area contributed by atoms with Gasteiger partial charge in [-0.1, -0.05) is 18.6 Å². The number of hydrogen-bond donors (Lipinski definition) is 0. The van der Waals surface area contributed by atoms with Gasteiger partial charge in [-0.3, -0.25) is 4.79 Å². The predicted molar refractivity (Wildman–Crippen MR) is 83.4 cm³/mol. The maximum absolute atomic E-state index is 12.8. The van der Waals surface area contributed by atoms with E-state index in [9.17, 15) is 10.1 Å². The van der Waals surface area contributed by atoms with E-state index in [1.165, 1.54) is 6.42 Å². The number of piperidine rings is 1. The van der Waals surface area contributed by atoms with Crippen molar-refractivity contribution in [2.75, 3.05) is 20.2 Å². The van der Waals surface area contributed by atoms with Crippen LogP contribution in [-0.4, -0.2) is 37.1 Å². The Kier molecular flexibility index (Phi) is 4.17. The molecule has 0 radical (unpaired) electrons. The number of methoxy groups -OCH3 is 1. The van der Waals surface area contributed by atoms with E-state index in [0.717, 1.165) is 38.8 Å². The molecule has 1 aliphatic heterocycles. The van der Waals surface area contributed by atoms with Gasteiger partial charge in [0.15, 0.2) is 0 Å². The first-order chi connectivity index (χ1) is 10.7. The fourth-order valence-corrected chi connectivity index (χ4v) is 4.21. The number of hydrogen-bond acceptors (Lipinski definition) is 3. The lowest BCUT2D eigenvalue weighted by Gasteiger charge is -2.43. The Morgan fingerprint density at radius 2 is 2.14 bits per heavy atom. The van der Waals surface area contributed by atoms with Gasteiger partial charge in [-0.05, 0) is 37.8 Å². The third-order valence-electron chi connectivity index (χ3n) is 5.28. The molecule has 1 spiro atoms. The highest BCUT2D eigenvalue weighted by Gasteiger charge is 2.46. The van der Waals surface area contributed by atoms with Crippen LogP contribution in [-0.2, 0) is 4.74 Å². The Hall–Kier alpha value is -1.86. The number of likely N-dealkylation sites (tertiary alicyclic amines) is 1. The van der Waals surface area contributed by atoms with Gasteiger partial charge in [-0.25, -0.2) is 0 Å². The lowest BCUT2D eigenvalue weighted by molar-refractivity contribution is -0.0295. The number of amides is 1. The second-order valence-electron chi connectivity index (χ2n) is 6.47. The van der Waals surface area contributed by atoms with Gasteiger partial charge in [0.25, 0.3) is 5.91 Å². The van der Waals surface area contributed by atoms with Crippen molar-refractivity contribution in [3.05, 3.63) is 35.4 Å². The van der Waals surface area contributed by atoms with Crippen molar-refractivity contribution < 1.29 is 9.53 Å². The maximum Gasteiger partial charge on any atom is 0.255 e. The second-order valence-corrected chi connectivity index (χ2v) is 6.47. The van der Waals surface area contributed by atoms with Crippen LogP contribution in [0.25, 0.3) is 0 Å². The first-order valence-corrected chi connectivity index (χ1v) is 8.01. The maximum atomic E-state index is 12.8. The lowest BCUT2D eigenvalue weighted by atomic mass is 9.76. The topological polar surface area (TPSA) is 53.3 Å². The van der Waals surface area contributed by atoms with Crippen LogP contribution in [0.5, 0.6) is 0 Å². The number of ether oxygens (including phenoxy) is 1. The van der Waals surface area contributed by atoms with Crippen molar-refractivity contribution in [3.8, 4) is 6.07 Å². The highest BCUT2D eigenvalue weighted by Crippen LogP contribution is 2.46. The van der Waals surface area contributed by atoms with E-state index < -0.39 is 0 Å². The summed E-state index contributed by atoms with van der Waals surface area (Å²) in [7, 11) is 1.78. The molecular formula is C18H22N2O2. The molecule has 2 atom stereocenters. The minimum atomic E-state index is -0.0158. The number of benzene rings is 1. The summed E-state index contributed by atoms with van der Waals surface area (Å²) in [4.78, 5) is 14.8. The van der Waals surface area contributed by atoms with E-state index in [0.29, 0.717) is 11.1 Å². The Morgan fingerprint density at radius 1 is 1.36 bits per heavy atom. The van der Waals surface area contributed by atoms with E-state index in [1.807, 2.05) is 11.0 Å². The smallest absolute Gasteiger partial charge is 0.255 e. The van der Waals surface area contributed by atoms with E-state index in [2.05, 4.69) is 6.07 Å². The van der Waals surface area contributed by atoms with Gasteiger partial charge in [0.05, 0.1) is 23.3 Å². The zero-order chi connectivity index (χ0) is 15.6. The molecule has 2 fully saturated rings. The molecule has 116 valence electrons. The molecule has 0 bridgehead atoms. The van der Waals surface area contributed by atoms with Gasteiger partial charge in [0, 0.05) is 25.6 Å². The molecule has 1 aromatic rings. The lowest BCUT2D eigenvalue weighted by Crippen LogP contribution is -2.49. The van der Waals surface area contributed by atoms with Gasteiger partial charge in [-0.2, -0.15) is 5.26 Å². The van der Waals surface area contributed by atoms with Crippen molar-refractivity contribution in [1.82, 2.24) is 4.90 Å². The number of carbonyl (C=O) groups excluding carboxylic acids is 1. The van der Waals surface area contributed by atoms with Crippen molar-refractivity contribution in [2.45, 2.75) is 38.2 Å². The minimum absolute atomic E-state index is 0.0158. The van der Waals surface area contributed by atoms with Gasteiger partial charge >= 0.3 is 0 Å². The monoisotopic (exact) mass is 298 g/mol. The van der Waals surface area contributed by atoms with Crippen LogP contribution in [0.1, 0.15) is 48.0 Å². The molecular weight excluding hydrogens is 276 g/mol. The molecule has 1 saturated heterocycles. The highest BCUT2D eigenvalue weighted by atomic mass is 16.5. The molecule has 2 aliphatic rings. The molecule has 1 aromatic carbocycles. The van der Waals surface area contributed by atoms with Crippen LogP contribution < -0.4 is 0 Å². The first kappa shape index (κ1) is 15.1. The van der Waals surface area contributed by atoms with E-state index in [-0.39, 0.29) is 17.4 Å². The summed E-state index contributed by atoms with van der Waals surface area (Å²) in [6, 6.07) is 9.21. The van der Waals surface area contributed by atoms with Crippen LogP contribution in [0.15, 0.2) is 24.3 Å². The quantitative estimate of drug-likeness (QED) is 0.843. The summed E-state index contributed by atoms with van der Waals surface area (Å²) in [6.45, 7) is 1.53. The van der Waals surface area contributed by atoms with Gasteiger partial charge in [0.1, 0.15) is 0 Å². The van der Waals surface area contributed by atoms with Gasteiger partial charge in [-0.15, -0.1) is 0 Å². The van der Waals surface area contributed by atoms with Crippen LogP contribution in [0.4, 0.5) is 0 Å². The van der Waals surface area contributed by atoms with Crippen LogP contribution in [0.3, 0.4) is 0 Å². The van der Waals surface area contributed by atoms with E-state index >= 15 is 0 Å². The van der Waals surface area contributed by atoms with Crippen LogP contribution in [0, 0.1) is 16.7 Å². The molecule has 3 rings (SSSR count). The largest absolute Gasteiger partial charge is 0.381 e. The van der Waals surface area contributed by atoms with Crippen LogP contribution in [0.2, 0.25) is 0 Å². The molecule has 4 nitrogen and oxygen atoms in total. The average molecular weight is 298 g/mol. The average Bonchev–Trinajstić information content (AvgIpc) is 2.95. The Balaban J connectivity index is 1.83. The summed E-state index contributed by atoms with van der Waals surface area (Å²) >= 11 is 0. The summed E-state index contributed by atoms with van der Waals surface area (Å²) < 4.78 is 5.69. The summed E-state index contributed by atoms with van der Waals surface area (Å²) in [6.07, 6.45) is 5.81. The molecule has 1 heterocycles. The highest BCUT2D eigenvalue weighted by molar-refractivity contribution is 5.96. The van der Waals surface area contributed by atoms with Crippen molar-refractivity contribution in [1.29, 1.82) is 5.26 Å². The summed E-state index contributed by atoms with van der Waals surface area (Å²) in [5, 5.41) is 9.21. The fourth-order valence-electron chi connectivity index (χ4n) is 4.21. The molecule has 22 heavy (non-hydrogen) atoms. The number of nitrogens with zero attached hydrogens (tertiary/aromatic N) is 2. The number of rotatable bonds is 2. The Labute approximate surface area is 131 Å². The van der Waals surface area contributed by atoms with Crippen LogP contribution >= 0.6 is 0 Å². The van der Waals surface area contributed by atoms with Gasteiger partial charge < -0.3 is 9.64 Å². The standard InChI is InChI=1S/C18H22N2O2/c1-22-16-8-4-9-18(16)10-5-11-20(13-18)17(21)15-7-3-2-6-14(15)12-19/h2-3,6-7,16H,4-5,8-11,13H2,1H3/t16-,18-/m1/s1. The number of nitriles is 1. The summed E-state index contributed by atoms with van der Waals surface area (Å²) in [5.74, 6) is -0.0158. The first-order valence-electron chi connectivity index (χ1n) is 8.01. The zero-order valence-corrected chi connectivity index (χ0v) is 13.0. The molecule has 1 saturated carbocycles. The molecule has 1 amide bonds. The third-order valence-corrected chi connectivity index (χ3v) is 5.28. The third kappa shape index (κ3) is 2.50. The molecule has 0 unspecified atom stereocenters. The molecule has 4 heteroatoms. The predicted octanol–water partition coefficient (Wildman–Crippen LogP) is 2.98. The van der Waals surface area contributed by atoms with Crippen molar-refractivity contribution in [3.63, 3.8) is 0 Å². The molecule has 0 N–H and O–H groups in total. The minimum Gasteiger partial charge on any atom is -0.381 e. The van der Waals surface area contributed by atoms with E-state index in [4.69, 9.17) is 4.74 Å². The van der Waals surface area contributed by atoms with Gasteiger partial charge in [0.2, 0.25) is 0 Å². The summed E-state index contributed by atoms with van der Waals surface area (Å²) in [5.41, 5.74) is 1.10. The molecule has 0 aromatic heterocycles. The van der Waals surface area contributed by atoms with E-state index in [1.54, 1.807) is 25.3 Å². The molecule has 1 aliphatic carbocycles. The normalized spacial score (nSPS) is 27.8. The zero-order valence-electron chi connectivity index (χ0n) is 13.0. The SMILES string of the molecule is CO[C@@H]1CCC[C@]12CCCN(C(=O)c1ccccc1C#N)C2.